The highest BCUT2D eigenvalue weighted by Crippen LogP contribution is 2.38. The lowest BCUT2D eigenvalue weighted by atomic mass is 10.2. The predicted molar refractivity (Wildman–Crippen MR) is 36.8 cm³/mol. The first-order valence-corrected chi connectivity index (χ1v) is 3.79. The SMILES string of the molecule is C=C(F)C(F)(F)OC(CC(F)(F)F)C(F)(F)F. The minimum absolute atomic E-state index is 1.97. The van der Waals surface area contributed by atoms with Crippen molar-refractivity contribution in [2.45, 2.75) is 31.0 Å². The second kappa shape index (κ2) is 4.75. The maximum Gasteiger partial charge on any atom is 0.415 e. The minimum atomic E-state index is -5.71. The molecule has 0 aromatic rings. The van der Waals surface area contributed by atoms with Crippen molar-refractivity contribution >= 4 is 0 Å². The summed E-state index contributed by atoms with van der Waals surface area (Å²) in [5, 5.41) is 0. The molecular weight excluding hydrogens is 271 g/mol. The predicted octanol–water partition coefficient (Wildman–Crippen LogP) is 3.96. The van der Waals surface area contributed by atoms with Crippen LogP contribution in [0.4, 0.5) is 39.5 Å². The molecule has 0 aliphatic carbocycles. The molecule has 0 radical (unpaired) electrons. The molecule has 0 aromatic carbocycles. The Kier molecular flexibility index (Phi) is 4.49. The van der Waals surface area contributed by atoms with Gasteiger partial charge in [0.2, 0.25) is 0 Å². The molecule has 0 aromatic heterocycles. The molecule has 1 unspecified atom stereocenters. The molecule has 0 amide bonds. The first kappa shape index (κ1) is 16.1. The van der Waals surface area contributed by atoms with Gasteiger partial charge in [0.15, 0.2) is 11.9 Å². The second-order valence-corrected chi connectivity index (χ2v) is 2.89. The van der Waals surface area contributed by atoms with E-state index in [-0.39, 0.29) is 0 Å². The van der Waals surface area contributed by atoms with Gasteiger partial charge in [0.1, 0.15) is 0 Å². The normalized spacial score (nSPS) is 15.8. The Balaban J connectivity index is 4.92. The molecule has 0 aliphatic rings. The van der Waals surface area contributed by atoms with E-state index in [1.807, 2.05) is 6.58 Å². The van der Waals surface area contributed by atoms with E-state index in [1.54, 1.807) is 0 Å². The van der Waals surface area contributed by atoms with E-state index in [0.29, 0.717) is 0 Å². The molecule has 0 saturated heterocycles. The Morgan fingerprint density at radius 1 is 1.00 bits per heavy atom. The molecule has 0 rings (SSSR count). The van der Waals surface area contributed by atoms with Crippen molar-refractivity contribution in [3.63, 3.8) is 0 Å². The fourth-order valence-electron chi connectivity index (χ4n) is 0.677. The Bertz CT molecular complexity index is 276. The third-order valence-corrected chi connectivity index (χ3v) is 1.39. The van der Waals surface area contributed by atoms with Gasteiger partial charge in [-0.25, -0.2) is 4.39 Å². The van der Waals surface area contributed by atoms with Crippen LogP contribution in [-0.2, 0) is 4.74 Å². The third kappa shape index (κ3) is 5.80. The minimum Gasteiger partial charge on any atom is -0.301 e. The summed E-state index contributed by atoms with van der Waals surface area (Å²) in [4.78, 5) is 0. The molecule has 102 valence electrons. The van der Waals surface area contributed by atoms with Gasteiger partial charge in [0.05, 0.1) is 6.42 Å². The lowest BCUT2D eigenvalue weighted by Crippen LogP contribution is -2.41. The van der Waals surface area contributed by atoms with Crippen LogP contribution in [-0.4, -0.2) is 24.6 Å². The molecule has 0 fully saturated rings. The van der Waals surface area contributed by atoms with E-state index in [0.717, 1.165) is 0 Å². The number of alkyl halides is 8. The van der Waals surface area contributed by atoms with Crippen molar-refractivity contribution in [3.8, 4) is 0 Å². The van der Waals surface area contributed by atoms with E-state index in [9.17, 15) is 39.5 Å². The summed E-state index contributed by atoms with van der Waals surface area (Å²) in [7, 11) is 0. The van der Waals surface area contributed by atoms with Crippen LogP contribution < -0.4 is 0 Å². The number of ether oxygens (including phenoxy) is 1. The molecule has 10 heteroatoms. The number of rotatable bonds is 4. The van der Waals surface area contributed by atoms with Crippen molar-refractivity contribution in [1.82, 2.24) is 0 Å². The fourth-order valence-corrected chi connectivity index (χ4v) is 0.677. The smallest absolute Gasteiger partial charge is 0.301 e. The maximum absolute atomic E-state index is 12.3. The van der Waals surface area contributed by atoms with Gasteiger partial charge in [-0.3, -0.25) is 0 Å². The molecule has 1 nitrogen and oxygen atoms in total. The highest BCUT2D eigenvalue weighted by atomic mass is 19.4. The largest absolute Gasteiger partial charge is 0.415 e. The highest BCUT2D eigenvalue weighted by molar-refractivity contribution is 4.92. The standard InChI is InChI=1S/C7H5F9O/c1-3(8)7(15,16)17-4(6(12,13)14)2-5(9,10)11/h4H,1-2H2. The maximum atomic E-state index is 12.3. The van der Waals surface area contributed by atoms with Crippen LogP contribution in [0, 0.1) is 0 Å². The van der Waals surface area contributed by atoms with Crippen LogP contribution >= 0.6 is 0 Å². The van der Waals surface area contributed by atoms with Crippen LogP contribution in [0.3, 0.4) is 0 Å². The van der Waals surface area contributed by atoms with Gasteiger partial charge in [-0.1, -0.05) is 6.58 Å². The zero-order valence-electron chi connectivity index (χ0n) is 7.80. The van der Waals surface area contributed by atoms with Gasteiger partial charge in [-0.2, -0.15) is 35.1 Å². The lowest BCUT2D eigenvalue weighted by molar-refractivity contribution is -0.330. The van der Waals surface area contributed by atoms with Gasteiger partial charge in [-0.15, -0.1) is 0 Å². The van der Waals surface area contributed by atoms with Crippen LogP contribution in [0.15, 0.2) is 12.4 Å². The van der Waals surface area contributed by atoms with Crippen molar-refractivity contribution in [2.24, 2.45) is 0 Å². The summed E-state index contributed by atoms with van der Waals surface area (Å²) in [6.07, 6.45) is -22.8. The van der Waals surface area contributed by atoms with Crippen LogP contribution in [0.25, 0.3) is 0 Å². The van der Waals surface area contributed by atoms with Crippen LogP contribution in [0.5, 0.6) is 0 Å². The van der Waals surface area contributed by atoms with E-state index >= 15 is 0 Å². The van der Waals surface area contributed by atoms with Crippen LogP contribution in [0.1, 0.15) is 6.42 Å². The summed E-state index contributed by atoms with van der Waals surface area (Å²) >= 11 is 0. The van der Waals surface area contributed by atoms with Crippen molar-refractivity contribution in [3.05, 3.63) is 12.4 Å². The Labute approximate surface area is 88.8 Å². The van der Waals surface area contributed by atoms with Crippen molar-refractivity contribution < 1.29 is 44.3 Å². The molecule has 0 bridgehead atoms. The van der Waals surface area contributed by atoms with Crippen LogP contribution in [0.2, 0.25) is 0 Å². The van der Waals surface area contributed by atoms with E-state index in [1.165, 1.54) is 0 Å². The lowest BCUT2D eigenvalue weighted by Gasteiger charge is -2.25. The molecule has 0 N–H and O–H groups in total. The molecule has 0 aliphatic heterocycles. The molecule has 0 saturated carbocycles. The van der Waals surface area contributed by atoms with Crippen molar-refractivity contribution in [2.75, 3.05) is 0 Å². The first-order chi connectivity index (χ1) is 7.26. The van der Waals surface area contributed by atoms with Crippen molar-refractivity contribution in [1.29, 1.82) is 0 Å². The number of hydrogen-bond donors (Lipinski definition) is 0. The zero-order valence-corrected chi connectivity index (χ0v) is 7.80. The number of hydrogen-bond acceptors (Lipinski definition) is 1. The van der Waals surface area contributed by atoms with Gasteiger partial charge < -0.3 is 4.74 Å². The quantitative estimate of drug-likeness (QED) is 0.706. The fraction of sp³-hybridized carbons (Fsp3) is 0.714. The Morgan fingerprint density at radius 3 is 1.65 bits per heavy atom. The Hall–Kier alpha value is -0.930. The topological polar surface area (TPSA) is 9.23 Å². The summed E-state index contributed by atoms with van der Waals surface area (Å²) in [6.45, 7) is 1.97. The van der Waals surface area contributed by atoms with E-state index < -0.39 is 36.8 Å². The third-order valence-electron chi connectivity index (χ3n) is 1.39. The van der Waals surface area contributed by atoms with E-state index in [2.05, 4.69) is 4.74 Å². The summed E-state index contributed by atoms with van der Waals surface area (Å²) in [5.41, 5.74) is 0. The summed E-state index contributed by atoms with van der Waals surface area (Å²) < 4.78 is 110. The molecule has 17 heavy (non-hydrogen) atoms. The zero-order chi connectivity index (χ0) is 14.1. The molecule has 1 atom stereocenters. The summed E-state index contributed by atoms with van der Waals surface area (Å²) in [6, 6.07) is 0. The van der Waals surface area contributed by atoms with Gasteiger partial charge in [-0.05, 0) is 0 Å². The second-order valence-electron chi connectivity index (χ2n) is 2.89. The Morgan fingerprint density at radius 2 is 1.41 bits per heavy atom. The highest BCUT2D eigenvalue weighted by Gasteiger charge is 2.53. The summed E-state index contributed by atoms with van der Waals surface area (Å²) in [5.74, 6) is -2.62. The van der Waals surface area contributed by atoms with Gasteiger partial charge in [0.25, 0.3) is 0 Å². The van der Waals surface area contributed by atoms with Gasteiger partial charge >= 0.3 is 18.5 Å². The van der Waals surface area contributed by atoms with E-state index in [4.69, 9.17) is 0 Å². The molecule has 0 spiro atoms. The average Bonchev–Trinajstić information content (AvgIpc) is 1.97. The number of halogens is 9. The average molecular weight is 276 g/mol. The van der Waals surface area contributed by atoms with Gasteiger partial charge in [0, 0.05) is 0 Å². The molecular formula is C7H5F9O. The monoisotopic (exact) mass is 276 g/mol. The first-order valence-electron chi connectivity index (χ1n) is 3.79. The molecule has 0 heterocycles.